The fourth-order valence-electron chi connectivity index (χ4n) is 3.76. The summed E-state index contributed by atoms with van der Waals surface area (Å²) >= 11 is 0. The van der Waals surface area contributed by atoms with Crippen LogP contribution in [-0.2, 0) is 16.1 Å². The second kappa shape index (κ2) is 19.6. The third kappa shape index (κ3) is 13.1. The molecule has 0 atom stereocenters. The molecular formula is C30H49N3O2. The van der Waals surface area contributed by atoms with E-state index in [0.717, 1.165) is 61.6 Å². The van der Waals surface area contributed by atoms with Gasteiger partial charge in [-0.2, -0.15) is 0 Å². The molecule has 0 saturated carbocycles. The third-order valence-electron chi connectivity index (χ3n) is 5.63. The summed E-state index contributed by atoms with van der Waals surface area (Å²) in [5, 5.41) is 0. The minimum atomic E-state index is -0.182. The summed E-state index contributed by atoms with van der Waals surface area (Å²) in [5.41, 5.74) is 4.22. The lowest BCUT2D eigenvalue weighted by Gasteiger charge is -2.25. The van der Waals surface area contributed by atoms with Gasteiger partial charge >= 0.3 is 5.97 Å². The molecule has 1 rings (SSSR count). The molecule has 0 unspecified atom stereocenters. The Balaban J connectivity index is 0.0000116. The second-order valence-electron chi connectivity index (χ2n) is 8.29. The van der Waals surface area contributed by atoms with E-state index in [1.165, 1.54) is 6.42 Å². The monoisotopic (exact) mass is 483 g/mol. The van der Waals surface area contributed by atoms with E-state index in [1.54, 1.807) is 6.08 Å². The number of carbonyl (C=O) groups is 1. The molecule has 0 bridgehead atoms. The van der Waals surface area contributed by atoms with Crippen molar-refractivity contribution in [2.24, 2.45) is 4.99 Å². The fraction of sp³-hybridized carbons (Fsp3) is 0.533. The zero-order valence-corrected chi connectivity index (χ0v) is 22.1. The second-order valence-corrected chi connectivity index (χ2v) is 8.29. The van der Waals surface area contributed by atoms with Gasteiger partial charge in [0.2, 0.25) is 0 Å². The Bertz CT molecular complexity index is 809. The van der Waals surface area contributed by atoms with E-state index in [2.05, 4.69) is 54.5 Å². The van der Waals surface area contributed by atoms with Crippen molar-refractivity contribution in [3.05, 3.63) is 66.3 Å². The minimum absolute atomic E-state index is 0. The van der Waals surface area contributed by atoms with Crippen LogP contribution in [0.25, 0.3) is 0 Å². The van der Waals surface area contributed by atoms with Gasteiger partial charge in [0, 0.05) is 17.9 Å². The number of ether oxygens (including phenoxy) is 1. The van der Waals surface area contributed by atoms with Crippen molar-refractivity contribution in [3.8, 4) is 0 Å². The van der Waals surface area contributed by atoms with Gasteiger partial charge in [-0.05, 0) is 82.9 Å². The van der Waals surface area contributed by atoms with Gasteiger partial charge in [-0.25, -0.2) is 0 Å². The van der Waals surface area contributed by atoms with Crippen molar-refractivity contribution in [1.29, 1.82) is 0 Å². The number of hydrogen-bond acceptors (Lipinski definition) is 5. The standard InChI is InChI=1S/C29H45N3O2.CH4/c1-7-14-27(15-8-2)25(6)30-23-26-16-18-28(19-17-26)32(24-29(33)34-11-5)22-13-12-21-31(10-4)20-9-3;/h7-8,14-19H,1,9-13,20-24H2,2-6H3;1H4/b15-8+,27-14+,30-25?;. The zero-order valence-electron chi connectivity index (χ0n) is 22.1. The number of carbonyl (C=O) groups excluding carboxylic acids is 1. The van der Waals surface area contributed by atoms with Gasteiger partial charge < -0.3 is 14.5 Å². The molecule has 0 aliphatic heterocycles. The van der Waals surface area contributed by atoms with E-state index in [4.69, 9.17) is 9.73 Å². The first kappa shape index (κ1) is 32.3. The maximum absolute atomic E-state index is 12.2. The van der Waals surface area contributed by atoms with E-state index >= 15 is 0 Å². The maximum Gasteiger partial charge on any atom is 0.325 e. The van der Waals surface area contributed by atoms with Crippen molar-refractivity contribution in [1.82, 2.24) is 4.90 Å². The highest BCUT2D eigenvalue weighted by Crippen LogP contribution is 2.17. The van der Waals surface area contributed by atoms with Crippen LogP contribution in [0.5, 0.6) is 0 Å². The Morgan fingerprint density at radius 2 is 1.77 bits per heavy atom. The number of rotatable bonds is 17. The van der Waals surface area contributed by atoms with Crippen LogP contribution in [-0.4, -0.2) is 55.9 Å². The molecule has 5 nitrogen and oxygen atoms in total. The molecule has 196 valence electrons. The summed E-state index contributed by atoms with van der Waals surface area (Å²) in [4.78, 5) is 21.6. The molecule has 0 aliphatic rings. The third-order valence-corrected chi connectivity index (χ3v) is 5.63. The van der Waals surface area contributed by atoms with Gasteiger partial charge in [-0.3, -0.25) is 9.79 Å². The smallest absolute Gasteiger partial charge is 0.325 e. The van der Waals surface area contributed by atoms with Crippen LogP contribution in [0.2, 0.25) is 0 Å². The summed E-state index contributed by atoms with van der Waals surface area (Å²) in [5.74, 6) is -0.182. The van der Waals surface area contributed by atoms with Gasteiger partial charge in [0.25, 0.3) is 0 Å². The van der Waals surface area contributed by atoms with Gasteiger partial charge in [-0.15, -0.1) is 0 Å². The molecule has 0 aliphatic carbocycles. The quantitative estimate of drug-likeness (QED) is 0.105. The van der Waals surface area contributed by atoms with E-state index in [0.29, 0.717) is 13.2 Å². The molecule has 0 saturated heterocycles. The average Bonchev–Trinajstić information content (AvgIpc) is 2.84. The molecule has 0 spiro atoms. The molecule has 0 N–H and O–H groups in total. The van der Waals surface area contributed by atoms with Crippen LogP contribution in [0.4, 0.5) is 5.69 Å². The molecule has 35 heavy (non-hydrogen) atoms. The number of benzene rings is 1. The summed E-state index contributed by atoms with van der Waals surface area (Å²) in [6.07, 6.45) is 11.1. The molecule has 0 amide bonds. The summed E-state index contributed by atoms with van der Waals surface area (Å²) in [6, 6.07) is 8.36. The Morgan fingerprint density at radius 3 is 2.34 bits per heavy atom. The predicted octanol–water partition coefficient (Wildman–Crippen LogP) is 6.85. The van der Waals surface area contributed by atoms with Gasteiger partial charge in [-0.1, -0.05) is 64.3 Å². The van der Waals surface area contributed by atoms with Gasteiger partial charge in [0.05, 0.1) is 13.2 Å². The lowest BCUT2D eigenvalue weighted by Crippen LogP contribution is -2.32. The molecule has 0 radical (unpaired) electrons. The topological polar surface area (TPSA) is 45.1 Å². The largest absolute Gasteiger partial charge is 0.465 e. The number of hydrogen-bond donors (Lipinski definition) is 0. The lowest BCUT2D eigenvalue weighted by molar-refractivity contribution is -0.141. The first-order valence-electron chi connectivity index (χ1n) is 12.7. The highest BCUT2D eigenvalue weighted by atomic mass is 16.5. The van der Waals surface area contributed by atoms with Crippen molar-refractivity contribution in [2.75, 3.05) is 44.2 Å². The van der Waals surface area contributed by atoms with Crippen LogP contribution in [0.3, 0.4) is 0 Å². The molecule has 5 heteroatoms. The molecule has 1 aromatic carbocycles. The summed E-state index contributed by atoms with van der Waals surface area (Å²) < 4.78 is 5.21. The molecular weight excluding hydrogens is 434 g/mol. The first-order valence-corrected chi connectivity index (χ1v) is 12.7. The Hall–Kier alpha value is -2.66. The number of allylic oxidation sites excluding steroid dienone is 5. The summed E-state index contributed by atoms with van der Waals surface area (Å²) in [7, 11) is 0. The molecule has 0 heterocycles. The van der Waals surface area contributed by atoms with E-state index in [9.17, 15) is 4.79 Å². The molecule has 1 aromatic rings. The van der Waals surface area contributed by atoms with Crippen LogP contribution in [0.15, 0.2) is 65.7 Å². The highest BCUT2D eigenvalue weighted by molar-refractivity contribution is 6.00. The highest BCUT2D eigenvalue weighted by Gasteiger charge is 2.13. The predicted molar refractivity (Wildman–Crippen MR) is 154 cm³/mol. The van der Waals surface area contributed by atoms with E-state index < -0.39 is 0 Å². The zero-order chi connectivity index (χ0) is 25.2. The number of aliphatic imine (C=N–C) groups is 1. The van der Waals surface area contributed by atoms with Crippen molar-refractivity contribution in [3.63, 3.8) is 0 Å². The maximum atomic E-state index is 12.2. The first-order chi connectivity index (χ1) is 16.5. The number of nitrogens with zero attached hydrogens (tertiary/aromatic N) is 3. The average molecular weight is 484 g/mol. The van der Waals surface area contributed by atoms with Crippen LogP contribution in [0, 0.1) is 0 Å². The van der Waals surface area contributed by atoms with E-state index in [-0.39, 0.29) is 19.9 Å². The Kier molecular flexibility index (Phi) is 18.1. The number of anilines is 1. The normalized spacial score (nSPS) is 12.1. The SMILES string of the molecule is C.C=C/C=C(\C=C\C)C(C)=NCc1ccc(N(CCCCN(CC)CCC)CC(=O)OCC)cc1. The molecule has 0 fully saturated rings. The Morgan fingerprint density at radius 1 is 1.09 bits per heavy atom. The van der Waals surface area contributed by atoms with Crippen molar-refractivity contribution in [2.45, 2.75) is 67.9 Å². The summed E-state index contributed by atoms with van der Waals surface area (Å²) in [6.45, 7) is 19.5. The fourth-order valence-corrected chi connectivity index (χ4v) is 3.76. The van der Waals surface area contributed by atoms with Crippen LogP contribution in [0.1, 0.15) is 66.9 Å². The van der Waals surface area contributed by atoms with Crippen molar-refractivity contribution >= 4 is 17.4 Å². The van der Waals surface area contributed by atoms with Crippen molar-refractivity contribution < 1.29 is 9.53 Å². The number of esters is 1. The van der Waals surface area contributed by atoms with E-state index in [1.807, 2.05) is 39.0 Å². The lowest BCUT2D eigenvalue weighted by atomic mass is 10.1. The van der Waals surface area contributed by atoms with Gasteiger partial charge in [0.1, 0.15) is 6.54 Å². The van der Waals surface area contributed by atoms with Crippen LogP contribution >= 0.6 is 0 Å². The molecule has 0 aromatic heterocycles. The van der Waals surface area contributed by atoms with Crippen LogP contribution < -0.4 is 4.90 Å². The minimum Gasteiger partial charge on any atom is -0.465 e. The van der Waals surface area contributed by atoms with Gasteiger partial charge in [0.15, 0.2) is 0 Å². The number of unbranched alkanes of at least 4 members (excludes halogenated alkanes) is 1. The Labute approximate surface area is 215 Å².